The standard InChI is InChI=1S/C62H45NOS/c1-2-16-40(17-3-1)41-30-32-42(33-31-41)63(43-34-36-48-47-20-6-9-23-51(47)62(56(48)38-43)52-24-10-13-27-57(52)64-58-28-14-11-25-53(58)62)44-35-37-55-60(39-44)65-59-29-15-12-26-54(59)61(55)49-21-7-4-18-45(49)46-19-5-8-22-50(46)61/h4-16,18-38,44H,1-3,17,39H2. The molecule has 8 aromatic rings. The maximum Gasteiger partial charge on any atom is 0.132 e. The molecule has 1 unspecified atom stereocenters. The summed E-state index contributed by atoms with van der Waals surface area (Å²) in [7, 11) is 0. The van der Waals surface area contributed by atoms with Gasteiger partial charge in [-0.3, -0.25) is 0 Å². The number of hydrogen-bond donors (Lipinski definition) is 0. The van der Waals surface area contributed by atoms with Crippen LogP contribution < -0.4 is 9.64 Å². The number of para-hydroxylation sites is 2. The van der Waals surface area contributed by atoms with Crippen LogP contribution in [0.1, 0.15) is 76.6 Å². The molecule has 0 radical (unpaired) electrons. The van der Waals surface area contributed by atoms with Crippen molar-refractivity contribution in [2.75, 3.05) is 4.90 Å². The van der Waals surface area contributed by atoms with Crippen LogP contribution in [-0.4, -0.2) is 6.04 Å². The fourth-order valence-electron chi connectivity index (χ4n) is 12.7. The summed E-state index contributed by atoms with van der Waals surface area (Å²) in [5.41, 5.74) is 20.1. The highest BCUT2D eigenvalue weighted by Crippen LogP contribution is 2.65. The van der Waals surface area contributed by atoms with Crippen molar-refractivity contribution >= 4 is 28.7 Å². The van der Waals surface area contributed by atoms with E-state index in [1.807, 2.05) is 11.8 Å². The van der Waals surface area contributed by atoms with Crippen molar-refractivity contribution < 1.29 is 4.74 Å². The largest absolute Gasteiger partial charge is 0.457 e. The first kappa shape index (κ1) is 37.3. The van der Waals surface area contributed by atoms with Crippen LogP contribution in [-0.2, 0) is 10.8 Å². The average Bonchev–Trinajstić information content (AvgIpc) is 3.83. The molecule has 8 aromatic carbocycles. The molecule has 0 saturated carbocycles. The molecule has 0 fully saturated rings. The molecule has 0 bridgehead atoms. The monoisotopic (exact) mass is 851 g/mol. The Morgan fingerprint density at radius 3 is 1.69 bits per heavy atom. The van der Waals surface area contributed by atoms with Crippen molar-refractivity contribution in [3.05, 3.63) is 261 Å². The maximum absolute atomic E-state index is 6.73. The molecule has 4 aliphatic carbocycles. The molecule has 2 heterocycles. The Hall–Kier alpha value is -7.07. The minimum absolute atomic E-state index is 0.0576. The molecule has 310 valence electrons. The third-order valence-electron chi connectivity index (χ3n) is 15.3. The summed E-state index contributed by atoms with van der Waals surface area (Å²) in [6.07, 6.45) is 13.2. The Kier molecular flexibility index (Phi) is 8.16. The van der Waals surface area contributed by atoms with Crippen LogP contribution >= 0.6 is 11.8 Å². The number of thioether (sulfide) groups is 1. The highest BCUT2D eigenvalue weighted by atomic mass is 32.2. The van der Waals surface area contributed by atoms with Crippen molar-refractivity contribution in [2.45, 2.75) is 53.9 Å². The van der Waals surface area contributed by atoms with E-state index in [2.05, 4.69) is 211 Å². The fraction of sp³-hybridized carbons (Fsp3) is 0.129. The van der Waals surface area contributed by atoms with Crippen molar-refractivity contribution in [3.63, 3.8) is 0 Å². The van der Waals surface area contributed by atoms with Gasteiger partial charge in [-0.25, -0.2) is 0 Å². The summed E-state index contributed by atoms with van der Waals surface area (Å²) in [6.45, 7) is 0. The van der Waals surface area contributed by atoms with Gasteiger partial charge in [0.25, 0.3) is 0 Å². The van der Waals surface area contributed by atoms with E-state index in [0.717, 1.165) is 24.3 Å². The normalized spacial score (nSPS) is 18.3. The first-order valence-electron chi connectivity index (χ1n) is 23.3. The second-order valence-electron chi connectivity index (χ2n) is 18.4. The van der Waals surface area contributed by atoms with Crippen LogP contribution in [0.25, 0.3) is 27.8 Å². The molecule has 0 N–H and O–H groups in total. The molecular weight excluding hydrogens is 807 g/mol. The Bertz CT molecular complexity index is 3300. The molecule has 0 aromatic heterocycles. The van der Waals surface area contributed by atoms with Crippen LogP contribution in [0.5, 0.6) is 11.5 Å². The first-order chi connectivity index (χ1) is 32.2. The Labute approximate surface area is 385 Å². The second kappa shape index (κ2) is 14.2. The summed E-state index contributed by atoms with van der Waals surface area (Å²) in [5, 5.41) is 0. The average molecular weight is 852 g/mol. The quantitative estimate of drug-likeness (QED) is 0.175. The van der Waals surface area contributed by atoms with Gasteiger partial charge in [0.15, 0.2) is 0 Å². The zero-order valence-electron chi connectivity index (χ0n) is 36.0. The predicted octanol–water partition coefficient (Wildman–Crippen LogP) is 16.0. The maximum atomic E-state index is 6.73. The van der Waals surface area contributed by atoms with E-state index < -0.39 is 5.41 Å². The third kappa shape index (κ3) is 5.13. The SMILES string of the molecule is C1=CC(N(c2ccc(C3=CCCCC3)cc2)c2ccc3c(c2)C2(c4ccccc4Oc4ccccc42)c2ccccc2-3)CC2=C1C1(c3ccccc3S2)c2ccccc2-c2ccccc21. The van der Waals surface area contributed by atoms with Gasteiger partial charge in [-0.2, -0.15) is 0 Å². The molecule has 65 heavy (non-hydrogen) atoms. The van der Waals surface area contributed by atoms with Crippen LogP contribution in [0.15, 0.2) is 222 Å². The molecule has 6 aliphatic rings. The number of rotatable bonds is 4. The highest BCUT2D eigenvalue weighted by molar-refractivity contribution is 8.03. The van der Waals surface area contributed by atoms with Crippen molar-refractivity contribution in [1.82, 2.24) is 0 Å². The van der Waals surface area contributed by atoms with Gasteiger partial charge in [0.1, 0.15) is 11.5 Å². The predicted molar refractivity (Wildman–Crippen MR) is 267 cm³/mol. The number of anilines is 2. The summed E-state index contributed by atoms with van der Waals surface area (Å²) < 4.78 is 6.73. The molecule has 2 nitrogen and oxygen atoms in total. The number of ether oxygens (including phenoxy) is 1. The van der Waals surface area contributed by atoms with E-state index in [-0.39, 0.29) is 11.5 Å². The fourth-order valence-corrected chi connectivity index (χ4v) is 14.0. The van der Waals surface area contributed by atoms with E-state index in [9.17, 15) is 0 Å². The number of fused-ring (bicyclic) bond motifs is 17. The van der Waals surface area contributed by atoms with Gasteiger partial charge in [0, 0.05) is 33.8 Å². The summed E-state index contributed by atoms with van der Waals surface area (Å²) in [6, 6.07) is 70.8. The van der Waals surface area contributed by atoms with E-state index >= 15 is 0 Å². The summed E-state index contributed by atoms with van der Waals surface area (Å²) in [5.74, 6) is 1.83. The number of hydrogen-bond acceptors (Lipinski definition) is 3. The molecule has 1 atom stereocenters. The third-order valence-corrected chi connectivity index (χ3v) is 16.5. The molecule has 14 rings (SSSR count). The van der Waals surface area contributed by atoms with Gasteiger partial charge in [-0.1, -0.05) is 176 Å². The zero-order valence-corrected chi connectivity index (χ0v) is 36.8. The Morgan fingerprint density at radius 2 is 1.05 bits per heavy atom. The lowest BCUT2D eigenvalue weighted by Gasteiger charge is -2.44. The Balaban J connectivity index is 0.969. The summed E-state index contributed by atoms with van der Waals surface area (Å²) in [4.78, 5) is 5.42. The van der Waals surface area contributed by atoms with Crippen LogP contribution in [0.4, 0.5) is 11.4 Å². The van der Waals surface area contributed by atoms with Gasteiger partial charge >= 0.3 is 0 Å². The second-order valence-corrected chi connectivity index (χ2v) is 19.6. The minimum Gasteiger partial charge on any atom is -0.457 e. The number of allylic oxidation sites excluding steroid dienone is 4. The molecule has 2 spiro atoms. The van der Waals surface area contributed by atoms with Crippen molar-refractivity contribution in [1.29, 1.82) is 0 Å². The van der Waals surface area contributed by atoms with E-state index in [1.54, 1.807) is 0 Å². The lowest BCUT2D eigenvalue weighted by molar-refractivity contribution is 0.436. The number of benzene rings is 8. The highest BCUT2D eigenvalue weighted by Gasteiger charge is 2.53. The van der Waals surface area contributed by atoms with Crippen molar-refractivity contribution in [2.24, 2.45) is 0 Å². The van der Waals surface area contributed by atoms with E-state index in [4.69, 9.17) is 4.74 Å². The van der Waals surface area contributed by atoms with Crippen LogP contribution in [0.2, 0.25) is 0 Å². The Morgan fingerprint density at radius 1 is 0.492 bits per heavy atom. The molecule has 3 heteroatoms. The molecule has 2 aliphatic heterocycles. The van der Waals surface area contributed by atoms with Gasteiger partial charge in [0.2, 0.25) is 0 Å². The van der Waals surface area contributed by atoms with Gasteiger partial charge in [-0.15, -0.1) is 0 Å². The van der Waals surface area contributed by atoms with Crippen molar-refractivity contribution in [3.8, 4) is 33.8 Å². The topological polar surface area (TPSA) is 12.5 Å². The molecular formula is C62H45NOS. The smallest absolute Gasteiger partial charge is 0.132 e. The van der Waals surface area contributed by atoms with E-state index in [1.165, 1.54) is 118 Å². The van der Waals surface area contributed by atoms with Gasteiger partial charge in [-0.05, 0) is 140 Å². The van der Waals surface area contributed by atoms with Crippen LogP contribution in [0.3, 0.4) is 0 Å². The minimum atomic E-state index is -0.549. The number of nitrogens with zero attached hydrogens (tertiary/aromatic N) is 1. The van der Waals surface area contributed by atoms with Gasteiger partial charge < -0.3 is 9.64 Å². The first-order valence-corrected chi connectivity index (χ1v) is 24.1. The van der Waals surface area contributed by atoms with E-state index in [0.29, 0.717) is 0 Å². The zero-order chi connectivity index (χ0) is 42.7. The van der Waals surface area contributed by atoms with Crippen LogP contribution in [0, 0.1) is 0 Å². The molecule has 0 amide bonds. The lowest BCUT2D eigenvalue weighted by Crippen LogP contribution is -2.37. The summed E-state index contributed by atoms with van der Waals surface area (Å²) >= 11 is 1.98. The lowest BCUT2D eigenvalue weighted by atomic mass is 9.65. The molecule has 0 saturated heterocycles. The van der Waals surface area contributed by atoms with Gasteiger partial charge in [0.05, 0.1) is 16.9 Å².